The fourth-order valence-corrected chi connectivity index (χ4v) is 5.90. The Bertz CT molecular complexity index is 709. The Morgan fingerprint density at radius 2 is 2.07 bits per heavy atom. The van der Waals surface area contributed by atoms with Crippen LogP contribution in [0, 0.1) is 17.8 Å². The minimum Gasteiger partial charge on any atom is -0.508 e. The summed E-state index contributed by atoms with van der Waals surface area (Å²) >= 11 is 0. The number of carbonyl (C=O) groups excluding carboxylic acids is 1. The number of ketones is 1. The normalized spacial score (nSPS) is 29.4. The number of rotatable bonds is 9. The van der Waals surface area contributed by atoms with E-state index in [2.05, 4.69) is 13.0 Å². The van der Waals surface area contributed by atoms with E-state index in [1.165, 1.54) is 31.2 Å². The van der Waals surface area contributed by atoms with Crippen LogP contribution in [0.25, 0.3) is 0 Å². The molecule has 4 heteroatoms. The van der Waals surface area contributed by atoms with Gasteiger partial charge in [-0.3, -0.25) is 4.79 Å². The van der Waals surface area contributed by atoms with Crippen molar-refractivity contribution in [2.45, 2.75) is 96.4 Å². The van der Waals surface area contributed by atoms with Gasteiger partial charge in [-0.2, -0.15) is 0 Å². The number of carbonyl (C=O) groups is 1. The fraction of sp³-hybridized carbons (Fsp3) is 0.731. The highest BCUT2D eigenvalue weighted by Gasteiger charge is 2.44. The Morgan fingerprint density at radius 1 is 1.17 bits per heavy atom. The van der Waals surface area contributed by atoms with Crippen molar-refractivity contribution in [2.75, 3.05) is 6.61 Å². The van der Waals surface area contributed by atoms with Crippen LogP contribution in [0.15, 0.2) is 18.2 Å². The maximum absolute atomic E-state index is 12.9. The summed E-state index contributed by atoms with van der Waals surface area (Å²) in [7, 11) is 0. The Morgan fingerprint density at radius 3 is 2.87 bits per heavy atom. The molecular weight excluding hydrogens is 376 g/mol. The average Bonchev–Trinajstić information content (AvgIpc) is 3.06. The number of hydrogen-bond acceptors (Lipinski definition) is 4. The molecular formula is C26H38O4. The van der Waals surface area contributed by atoms with Gasteiger partial charge in [-0.1, -0.05) is 38.3 Å². The zero-order valence-corrected chi connectivity index (χ0v) is 18.5. The molecule has 3 aliphatic rings. The third-order valence-corrected chi connectivity index (χ3v) is 7.58. The molecule has 1 heterocycles. The summed E-state index contributed by atoms with van der Waals surface area (Å²) in [5.74, 6) is 1.80. The molecule has 1 aromatic rings. The summed E-state index contributed by atoms with van der Waals surface area (Å²) in [6.07, 6.45) is 12.5. The first-order chi connectivity index (χ1) is 14.7. The molecule has 2 fully saturated rings. The summed E-state index contributed by atoms with van der Waals surface area (Å²) in [4.78, 5) is 12.9. The van der Waals surface area contributed by atoms with E-state index in [1.807, 2.05) is 6.07 Å². The lowest BCUT2D eigenvalue weighted by molar-refractivity contribution is -0.191. The van der Waals surface area contributed by atoms with Gasteiger partial charge >= 0.3 is 0 Å². The molecule has 4 nitrogen and oxygen atoms in total. The summed E-state index contributed by atoms with van der Waals surface area (Å²) in [6.45, 7) is 3.04. The quantitative estimate of drug-likeness (QED) is 0.536. The first kappa shape index (κ1) is 21.8. The summed E-state index contributed by atoms with van der Waals surface area (Å²) in [5.41, 5.74) is 2.31. The van der Waals surface area contributed by atoms with Crippen LogP contribution in [0.2, 0.25) is 0 Å². The molecule has 0 spiro atoms. The maximum Gasteiger partial charge on any atom is 0.157 e. The van der Waals surface area contributed by atoms with E-state index in [0.717, 1.165) is 57.1 Å². The molecule has 0 aromatic heterocycles. The largest absolute Gasteiger partial charge is 0.508 e. The molecule has 4 rings (SSSR count). The van der Waals surface area contributed by atoms with Crippen LogP contribution < -0.4 is 0 Å². The molecule has 4 unspecified atom stereocenters. The van der Waals surface area contributed by atoms with Crippen molar-refractivity contribution in [3.8, 4) is 5.75 Å². The SMILES string of the molecule is CCCCC[C@H](CCC1C(=O)CC2Cc3c(O)cccc3CC21)OC1CCCCO1. The van der Waals surface area contributed by atoms with Crippen molar-refractivity contribution >= 4 is 5.78 Å². The predicted octanol–water partition coefficient (Wildman–Crippen LogP) is 5.58. The van der Waals surface area contributed by atoms with E-state index in [0.29, 0.717) is 29.8 Å². The lowest BCUT2D eigenvalue weighted by atomic mass is 9.73. The molecule has 166 valence electrons. The third kappa shape index (κ3) is 5.08. The van der Waals surface area contributed by atoms with E-state index < -0.39 is 0 Å². The number of hydrogen-bond donors (Lipinski definition) is 1. The number of phenols is 1. The van der Waals surface area contributed by atoms with E-state index >= 15 is 0 Å². The lowest BCUT2D eigenvalue weighted by Crippen LogP contribution is -2.30. The van der Waals surface area contributed by atoms with Crippen molar-refractivity contribution in [2.24, 2.45) is 17.8 Å². The third-order valence-electron chi connectivity index (χ3n) is 7.58. The molecule has 1 saturated carbocycles. The van der Waals surface area contributed by atoms with Gasteiger partial charge in [-0.05, 0) is 80.4 Å². The Hall–Kier alpha value is -1.39. The van der Waals surface area contributed by atoms with Crippen molar-refractivity contribution in [3.63, 3.8) is 0 Å². The van der Waals surface area contributed by atoms with Gasteiger partial charge in [0.05, 0.1) is 6.10 Å². The van der Waals surface area contributed by atoms with E-state index in [4.69, 9.17) is 9.47 Å². The maximum atomic E-state index is 12.9. The second-order valence-electron chi connectivity index (χ2n) is 9.65. The van der Waals surface area contributed by atoms with Gasteiger partial charge in [0, 0.05) is 18.9 Å². The zero-order valence-electron chi connectivity index (χ0n) is 18.5. The Balaban J connectivity index is 1.37. The van der Waals surface area contributed by atoms with Gasteiger partial charge in [-0.15, -0.1) is 0 Å². The van der Waals surface area contributed by atoms with Crippen LogP contribution in [0.5, 0.6) is 5.75 Å². The summed E-state index contributed by atoms with van der Waals surface area (Å²) < 4.78 is 12.2. The van der Waals surface area contributed by atoms with Crippen LogP contribution in [0.1, 0.15) is 82.3 Å². The van der Waals surface area contributed by atoms with Crippen LogP contribution in [0.4, 0.5) is 0 Å². The summed E-state index contributed by atoms with van der Waals surface area (Å²) in [5, 5.41) is 10.2. The van der Waals surface area contributed by atoms with Crippen molar-refractivity contribution in [1.29, 1.82) is 0 Å². The highest BCUT2D eigenvalue weighted by atomic mass is 16.7. The first-order valence-corrected chi connectivity index (χ1v) is 12.2. The predicted molar refractivity (Wildman–Crippen MR) is 117 cm³/mol. The van der Waals surface area contributed by atoms with Gasteiger partial charge in [0.2, 0.25) is 0 Å². The number of unbranched alkanes of at least 4 members (excludes halogenated alkanes) is 2. The standard InChI is InChI=1S/C26H38O4/c1-2-3-4-9-20(30-26-11-5-6-14-29-26)12-13-21-22-15-18-8-7-10-24(27)23(18)16-19(22)17-25(21)28/h7-8,10,19-22,26-27H,2-6,9,11-17H2,1H3/t19?,20-,21?,22?,26?/m1/s1. The van der Waals surface area contributed by atoms with E-state index in [-0.39, 0.29) is 18.3 Å². The lowest BCUT2D eigenvalue weighted by Gasteiger charge is -2.32. The first-order valence-electron chi connectivity index (χ1n) is 12.2. The Kier molecular flexibility index (Phi) is 7.48. The Labute approximate surface area is 181 Å². The number of benzene rings is 1. The van der Waals surface area contributed by atoms with Gasteiger partial charge in [0.25, 0.3) is 0 Å². The number of phenolic OH excluding ortho intramolecular Hbond substituents is 1. The highest BCUT2D eigenvalue weighted by molar-refractivity contribution is 5.84. The summed E-state index contributed by atoms with van der Waals surface area (Å²) in [6, 6.07) is 5.84. The second kappa shape index (κ2) is 10.3. The highest BCUT2D eigenvalue weighted by Crippen LogP contribution is 2.46. The van der Waals surface area contributed by atoms with Crippen LogP contribution in [-0.4, -0.2) is 29.9 Å². The number of Topliss-reactive ketones (excluding diaryl/α,β-unsaturated/α-hetero) is 1. The molecule has 30 heavy (non-hydrogen) atoms. The smallest absolute Gasteiger partial charge is 0.157 e. The topological polar surface area (TPSA) is 55.8 Å². The van der Waals surface area contributed by atoms with E-state index in [9.17, 15) is 9.90 Å². The van der Waals surface area contributed by atoms with Gasteiger partial charge in [-0.25, -0.2) is 0 Å². The van der Waals surface area contributed by atoms with Gasteiger partial charge in [0.1, 0.15) is 11.5 Å². The number of ether oxygens (including phenoxy) is 2. The van der Waals surface area contributed by atoms with Crippen molar-refractivity contribution in [1.82, 2.24) is 0 Å². The monoisotopic (exact) mass is 414 g/mol. The molecule has 1 N–H and O–H groups in total. The van der Waals surface area contributed by atoms with Crippen LogP contribution >= 0.6 is 0 Å². The molecule has 0 radical (unpaired) electrons. The van der Waals surface area contributed by atoms with E-state index in [1.54, 1.807) is 6.07 Å². The van der Waals surface area contributed by atoms with Crippen molar-refractivity contribution in [3.05, 3.63) is 29.3 Å². The number of aromatic hydroxyl groups is 1. The molecule has 1 aromatic carbocycles. The molecule has 5 atom stereocenters. The molecule has 2 aliphatic carbocycles. The molecule has 1 saturated heterocycles. The van der Waals surface area contributed by atoms with Gasteiger partial charge in [0.15, 0.2) is 6.29 Å². The second-order valence-corrected chi connectivity index (χ2v) is 9.65. The molecule has 1 aliphatic heterocycles. The minimum atomic E-state index is -0.0538. The minimum absolute atomic E-state index is 0.0538. The fourth-order valence-electron chi connectivity index (χ4n) is 5.90. The van der Waals surface area contributed by atoms with Gasteiger partial charge < -0.3 is 14.6 Å². The zero-order chi connectivity index (χ0) is 20.9. The molecule has 0 amide bonds. The van der Waals surface area contributed by atoms with Crippen LogP contribution in [-0.2, 0) is 27.1 Å². The average molecular weight is 415 g/mol. The molecule has 0 bridgehead atoms. The van der Waals surface area contributed by atoms with Crippen molar-refractivity contribution < 1.29 is 19.4 Å². The van der Waals surface area contributed by atoms with Crippen LogP contribution in [0.3, 0.4) is 0 Å². The number of fused-ring (bicyclic) bond motifs is 2.